The largest absolute Gasteiger partial charge is 0.481 e. The lowest BCUT2D eigenvalue weighted by molar-refractivity contribution is -0.143. The van der Waals surface area contributed by atoms with Crippen molar-refractivity contribution < 1.29 is 9.90 Å². The number of carboxylic acid groups (broad SMARTS) is 1. The average molecular weight is 212 g/mol. The molecule has 1 aliphatic rings. The zero-order chi connectivity index (χ0) is 9.97. The number of nitrogens with zero attached hydrogens (tertiary/aromatic N) is 1. The van der Waals surface area contributed by atoms with Gasteiger partial charge < -0.3 is 10.4 Å². The number of carboxylic acids is 1. The van der Waals surface area contributed by atoms with Crippen LogP contribution in [0.5, 0.6) is 0 Å². The predicted molar refractivity (Wildman–Crippen MR) is 53.2 cm³/mol. The van der Waals surface area contributed by atoms with Gasteiger partial charge in [0, 0.05) is 5.38 Å². The van der Waals surface area contributed by atoms with Gasteiger partial charge in [-0.3, -0.25) is 4.79 Å². The molecule has 0 aliphatic carbocycles. The van der Waals surface area contributed by atoms with E-state index in [2.05, 4.69) is 10.3 Å². The maximum Gasteiger partial charge on any atom is 0.306 e. The molecule has 0 saturated carbocycles. The second kappa shape index (κ2) is 4.06. The predicted octanol–water partition coefficient (Wildman–Crippen LogP) is 1.27. The van der Waals surface area contributed by atoms with Crippen LogP contribution in [0.3, 0.4) is 0 Å². The monoisotopic (exact) mass is 212 g/mol. The fraction of sp³-hybridized carbons (Fsp3) is 0.556. The smallest absolute Gasteiger partial charge is 0.306 e. The summed E-state index contributed by atoms with van der Waals surface area (Å²) in [6.07, 6.45) is 1.37. The summed E-state index contributed by atoms with van der Waals surface area (Å²) in [5.74, 6) is -0.908. The molecular formula is C9H12N2O2S. The summed E-state index contributed by atoms with van der Waals surface area (Å²) in [6, 6.07) is 0.121. The van der Waals surface area contributed by atoms with Crippen LogP contribution in [0, 0.1) is 5.92 Å². The van der Waals surface area contributed by atoms with Crippen molar-refractivity contribution in [3.05, 3.63) is 16.6 Å². The van der Waals surface area contributed by atoms with Gasteiger partial charge in [-0.25, -0.2) is 4.98 Å². The zero-order valence-corrected chi connectivity index (χ0v) is 8.46. The minimum atomic E-state index is -0.688. The molecule has 2 atom stereocenters. The quantitative estimate of drug-likeness (QED) is 0.775. The number of thiazole rings is 1. The van der Waals surface area contributed by atoms with Crippen LogP contribution in [0.4, 0.5) is 0 Å². The van der Waals surface area contributed by atoms with E-state index in [-0.39, 0.29) is 12.0 Å². The summed E-state index contributed by atoms with van der Waals surface area (Å²) in [5, 5.41) is 14.2. The van der Waals surface area contributed by atoms with E-state index in [1.54, 1.807) is 16.8 Å². The van der Waals surface area contributed by atoms with Crippen LogP contribution in [0.2, 0.25) is 0 Å². The fourth-order valence-corrected chi connectivity index (χ4v) is 2.37. The van der Waals surface area contributed by atoms with Crippen LogP contribution in [0.25, 0.3) is 0 Å². The number of piperidine rings is 1. The molecule has 1 aromatic rings. The first-order chi connectivity index (χ1) is 6.77. The molecule has 1 aliphatic heterocycles. The Balaban J connectivity index is 2.04. The molecule has 4 nitrogen and oxygen atoms in total. The van der Waals surface area contributed by atoms with Gasteiger partial charge in [0.2, 0.25) is 0 Å². The molecule has 0 spiro atoms. The van der Waals surface area contributed by atoms with Gasteiger partial charge in [0.1, 0.15) is 0 Å². The maximum atomic E-state index is 10.8. The Morgan fingerprint density at radius 2 is 2.57 bits per heavy atom. The van der Waals surface area contributed by atoms with E-state index in [1.165, 1.54) is 0 Å². The first-order valence-corrected chi connectivity index (χ1v) is 5.56. The lowest BCUT2D eigenvalue weighted by atomic mass is 9.91. The number of hydrogen-bond acceptors (Lipinski definition) is 4. The van der Waals surface area contributed by atoms with Gasteiger partial charge in [-0.15, -0.1) is 11.3 Å². The first kappa shape index (κ1) is 9.61. The highest BCUT2D eigenvalue weighted by Gasteiger charge is 2.28. The third kappa shape index (κ3) is 1.93. The van der Waals surface area contributed by atoms with Gasteiger partial charge >= 0.3 is 5.97 Å². The summed E-state index contributed by atoms with van der Waals surface area (Å²) in [6.45, 7) is 0.763. The van der Waals surface area contributed by atoms with Crippen molar-refractivity contribution in [2.75, 3.05) is 6.54 Å². The zero-order valence-electron chi connectivity index (χ0n) is 7.64. The lowest BCUT2D eigenvalue weighted by Gasteiger charge is -2.26. The Morgan fingerprint density at radius 1 is 1.71 bits per heavy atom. The molecule has 1 saturated heterocycles. The van der Waals surface area contributed by atoms with Crippen LogP contribution in [-0.2, 0) is 4.79 Å². The van der Waals surface area contributed by atoms with E-state index >= 15 is 0 Å². The normalized spacial score (nSPS) is 27.4. The topological polar surface area (TPSA) is 62.2 Å². The van der Waals surface area contributed by atoms with E-state index in [1.807, 2.05) is 5.38 Å². The summed E-state index contributed by atoms with van der Waals surface area (Å²) < 4.78 is 0. The maximum absolute atomic E-state index is 10.8. The molecule has 2 rings (SSSR count). The molecule has 1 aromatic heterocycles. The van der Waals surface area contributed by atoms with Crippen LogP contribution < -0.4 is 5.32 Å². The Labute approximate surface area is 86.0 Å². The van der Waals surface area contributed by atoms with Gasteiger partial charge in [-0.2, -0.15) is 0 Å². The number of aliphatic carboxylic acids is 1. The first-order valence-electron chi connectivity index (χ1n) is 4.61. The van der Waals surface area contributed by atoms with Crippen LogP contribution >= 0.6 is 11.3 Å². The Bertz CT molecular complexity index is 313. The third-order valence-corrected chi connectivity index (χ3v) is 3.17. The SMILES string of the molecule is O=C(O)C1CCNC(c2cscn2)C1. The summed E-state index contributed by atoms with van der Waals surface area (Å²) >= 11 is 1.54. The second-order valence-electron chi connectivity index (χ2n) is 3.48. The van der Waals surface area contributed by atoms with Crippen molar-refractivity contribution in [2.24, 2.45) is 5.92 Å². The fourth-order valence-electron chi connectivity index (χ4n) is 1.76. The van der Waals surface area contributed by atoms with Crippen molar-refractivity contribution in [1.29, 1.82) is 0 Å². The van der Waals surface area contributed by atoms with Crippen molar-refractivity contribution in [3.8, 4) is 0 Å². The average Bonchev–Trinajstić information content (AvgIpc) is 2.71. The molecule has 0 aromatic carbocycles. The van der Waals surface area contributed by atoms with E-state index in [9.17, 15) is 4.79 Å². The molecule has 0 bridgehead atoms. The van der Waals surface area contributed by atoms with Gasteiger partial charge in [0.15, 0.2) is 0 Å². The van der Waals surface area contributed by atoms with Crippen molar-refractivity contribution in [2.45, 2.75) is 18.9 Å². The highest BCUT2D eigenvalue weighted by molar-refractivity contribution is 7.07. The van der Waals surface area contributed by atoms with Crippen LogP contribution in [0.1, 0.15) is 24.6 Å². The lowest BCUT2D eigenvalue weighted by Crippen LogP contribution is -2.35. The Hall–Kier alpha value is -0.940. The van der Waals surface area contributed by atoms with Gasteiger partial charge in [0.25, 0.3) is 0 Å². The number of aromatic nitrogens is 1. The number of hydrogen-bond donors (Lipinski definition) is 2. The summed E-state index contributed by atoms with van der Waals surface area (Å²) in [7, 11) is 0. The molecule has 2 heterocycles. The molecule has 2 N–H and O–H groups in total. The number of rotatable bonds is 2. The minimum absolute atomic E-state index is 0.121. The van der Waals surface area contributed by atoms with Crippen molar-refractivity contribution in [3.63, 3.8) is 0 Å². The van der Waals surface area contributed by atoms with E-state index in [4.69, 9.17) is 5.11 Å². The van der Waals surface area contributed by atoms with Crippen LogP contribution in [-0.4, -0.2) is 22.6 Å². The molecule has 76 valence electrons. The number of carbonyl (C=O) groups is 1. The molecular weight excluding hydrogens is 200 g/mol. The molecule has 0 amide bonds. The van der Waals surface area contributed by atoms with E-state index in [0.29, 0.717) is 6.42 Å². The van der Waals surface area contributed by atoms with Gasteiger partial charge in [-0.05, 0) is 19.4 Å². The van der Waals surface area contributed by atoms with E-state index < -0.39 is 5.97 Å². The highest BCUT2D eigenvalue weighted by atomic mass is 32.1. The Morgan fingerprint density at radius 3 is 3.21 bits per heavy atom. The molecule has 2 unspecified atom stereocenters. The summed E-state index contributed by atoms with van der Waals surface area (Å²) in [5.41, 5.74) is 2.75. The highest BCUT2D eigenvalue weighted by Crippen LogP contribution is 2.26. The Kier molecular flexibility index (Phi) is 2.79. The van der Waals surface area contributed by atoms with Gasteiger partial charge in [0.05, 0.1) is 23.2 Å². The molecule has 14 heavy (non-hydrogen) atoms. The summed E-state index contributed by atoms with van der Waals surface area (Å²) in [4.78, 5) is 15.0. The molecule has 0 radical (unpaired) electrons. The van der Waals surface area contributed by atoms with Crippen molar-refractivity contribution in [1.82, 2.24) is 10.3 Å². The standard InChI is InChI=1S/C9H12N2O2S/c12-9(13)6-1-2-10-7(3-6)8-4-14-5-11-8/h4-7,10H,1-3H2,(H,12,13). The van der Waals surface area contributed by atoms with Crippen molar-refractivity contribution >= 4 is 17.3 Å². The van der Waals surface area contributed by atoms with Crippen LogP contribution in [0.15, 0.2) is 10.9 Å². The number of nitrogens with one attached hydrogen (secondary N) is 1. The van der Waals surface area contributed by atoms with Gasteiger partial charge in [-0.1, -0.05) is 0 Å². The minimum Gasteiger partial charge on any atom is -0.481 e. The third-order valence-electron chi connectivity index (χ3n) is 2.56. The van der Waals surface area contributed by atoms with E-state index in [0.717, 1.165) is 18.7 Å². The molecule has 1 fully saturated rings. The molecule has 5 heteroatoms. The second-order valence-corrected chi connectivity index (χ2v) is 4.20.